The summed E-state index contributed by atoms with van der Waals surface area (Å²) in [4.78, 5) is 0. The van der Waals surface area contributed by atoms with Crippen molar-refractivity contribution in [3.8, 4) is 0 Å². The van der Waals surface area contributed by atoms with Gasteiger partial charge in [-0.25, -0.2) is 4.39 Å². The minimum atomic E-state index is -0.424. The van der Waals surface area contributed by atoms with Gasteiger partial charge in [0.25, 0.3) is 0 Å². The van der Waals surface area contributed by atoms with Crippen LogP contribution in [0.4, 0.5) is 4.39 Å². The molecular weight excluding hydrogens is 321 g/mol. The lowest BCUT2D eigenvalue weighted by atomic mass is 9.64. The second-order valence-corrected chi connectivity index (χ2v) is 8.98. The molecule has 0 aromatic heterocycles. The molecule has 0 saturated heterocycles. The fraction of sp³-hybridized carbons (Fsp3) is 0.458. The standard InChI is InChI=1S/C24H28FN/c1-8-15-12(2)13(3)17-11-24(17,7)16-9-10-18(25)21-20(16)22(26)19(15)14(4)23(21,5)6/h8-10,12,26H,11H2,1-7H3/b15-8?,17-13-,26-22?. The summed E-state index contributed by atoms with van der Waals surface area (Å²) < 4.78 is 15.0. The Bertz CT molecular complexity index is 970. The first-order chi connectivity index (χ1) is 12.1. The molecular formula is C24H28FN. The number of benzene rings is 1. The molecule has 2 heteroatoms. The number of rotatable bonds is 0. The number of halogens is 1. The van der Waals surface area contributed by atoms with Crippen molar-refractivity contribution in [2.45, 2.75) is 65.7 Å². The van der Waals surface area contributed by atoms with Crippen molar-refractivity contribution in [1.82, 2.24) is 0 Å². The Labute approximate surface area is 156 Å². The molecule has 1 fully saturated rings. The van der Waals surface area contributed by atoms with Crippen molar-refractivity contribution in [3.05, 3.63) is 68.6 Å². The zero-order valence-corrected chi connectivity index (χ0v) is 16.9. The molecule has 3 aliphatic carbocycles. The first kappa shape index (κ1) is 17.5. The molecule has 0 radical (unpaired) electrons. The lowest BCUT2D eigenvalue weighted by Gasteiger charge is -2.39. The molecule has 3 aliphatic rings. The molecule has 1 N–H and O–H groups in total. The van der Waals surface area contributed by atoms with Gasteiger partial charge in [0, 0.05) is 33.4 Å². The molecule has 0 heterocycles. The normalized spacial score (nSPS) is 33.6. The van der Waals surface area contributed by atoms with Crippen molar-refractivity contribution in [2.24, 2.45) is 5.92 Å². The van der Waals surface area contributed by atoms with Crippen LogP contribution in [0.25, 0.3) is 0 Å². The van der Waals surface area contributed by atoms with Crippen LogP contribution >= 0.6 is 0 Å². The van der Waals surface area contributed by atoms with E-state index in [2.05, 4.69) is 54.5 Å². The zero-order chi connectivity index (χ0) is 19.2. The SMILES string of the molecule is CC=C1C2=C(C)C(C)(C)c3c(F)ccc(c3C2=N)C2(C)C/C2=C(\C)C1C. The highest BCUT2D eigenvalue weighted by atomic mass is 19.1. The Kier molecular flexibility index (Phi) is 3.40. The van der Waals surface area contributed by atoms with Crippen LogP contribution in [0.1, 0.15) is 71.6 Å². The second kappa shape index (κ2) is 5.06. The van der Waals surface area contributed by atoms with Crippen LogP contribution in [0.2, 0.25) is 0 Å². The van der Waals surface area contributed by atoms with E-state index in [0.717, 1.165) is 28.7 Å². The van der Waals surface area contributed by atoms with Gasteiger partial charge in [0.2, 0.25) is 0 Å². The molecule has 1 aromatic carbocycles. The fourth-order valence-electron chi connectivity index (χ4n) is 5.33. The highest BCUT2D eigenvalue weighted by molar-refractivity contribution is 6.18. The molecule has 4 rings (SSSR count). The van der Waals surface area contributed by atoms with Crippen molar-refractivity contribution in [3.63, 3.8) is 0 Å². The molecule has 0 spiro atoms. The van der Waals surface area contributed by atoms with Crippen molar-refractivity contribution < 1.29 is 4.39 Å². The Hall–Kier alpha value is -1.96. The van der Waals surface area contributed by atoms with E-state index in [9.17, 15) is 0 Å². The molecule has 2 bridgehead atoms. The van der Waals surface area contributed by atoms with Crippen LogP contribution in [-0.2, 0) is 10.8 Å². The summed E-state index contributed by atoms with van der Waals surface area (Å²) in [7, 11) is 0. The maximum atomic E-state index is 15.0. The number of allylic oxidation sites excluding steroid dienone is 6. The fourth-order valence-corrected chi connectivity index (χ4v) is 5.33. The lowest BCUT2D eigenvalue weighted by molar-refractivity contribution is 0.532. The molecule has 2 unspecified atom stereocenters. The largest absolute Gasteiger partial charge is 0.300 e. The van der Waals surface area contributed by atoms with Gasteiger partial charge in [0.1, 0.15) is 5.82 Å². The molecule has 136 valence electrons. The van der Waals surface area contributed by atoms with Crippen LogP contribution in [0.5, 0.6) is 0 Å². The van der Waals surface area contributed by atoms with Crippen molar-refractivity contribution in [1.29, 1.82) is 5.41 Å². The van der Waals surface area contributed by atoms with Gasteiger partial charge < -0.3 is 0 Å². The smallest absolute Gasteiger partial charge is 0.127 e. The zero-order valence-electron chi connectivity index (χ0n) is 16.9. The Morgan fingerprint density at radius 2 is 1.85 bits per heavy atom. The van der Waals surface area contributed by atoms with E-state index in [4.69, 9.17) is 5.41 Å². The Morgan fingerprint density at radius 1 is 1.19 bits per heavy atom. The molecule has 2 atom stereocenters. The van der Waals surface area contributed by atoms with Gasteiger partial charge >= 0.3 is 0 Å². The molecule has 1 aromatic rings. The van der Waals surface area contributed by atoms with Crippen LogP contribution in [0.3, 0.4) is 0 Å². The minimum Gasteiger partial charge on any atom is -0.300 e. The average Bonchev–Trinajstić information content (AvgIpc) is 3.27. The second-order valence-electron chi connectivity index (χ2n) is 8.98. The molecule has 0 amide bonds. The third kappa shape index (κ3) is 1.88. The number of hydrogen-bond donors (Lipinski definition) is 1. The van der Waals surface area contributed by atoms with Crippen LogP contribution < -0.4 is 0 Å². The van der Waals surface area contributed by atoms with Gasteiger partial charge in [-0.2, -0.15) is 0 Å². The van der Waals surface area contributed by atoms with E-state index in [1.807, 2.05) is 6.07 Å². The predicted octanol–water partition coefficient (Wildman–Crippen LogP) is 6.38. The summed E-state index contributed by atoms with van der Waals surface area (Å²) >= 11 is 0. The summed E-state index contributed by atoms with van der Waals surface area (Å²) in [6.07, 6.45) is 3.18. The molecule has 26 heavy (non-hydrogen) atoms. The van der Waals surface area contributed by atoms with E-state index in [-0.39, 0.29) is 17.2 Å². The summed E-state index contributed by atoms with van der Waals surface area (Å²) in [6, 6.07) is 3.55. The molecule has 1 nitrogen and oxygen atoms in total. The van der Waals surface area contributed by atoms with Crippen LogP contribution in [0.15, 0.2) is 46.1 Å². The summed E-state index contributed by atoms with van der Waals surface area (Å²) in [5, 5.41) is 9.11. The lowest BCUT2D eigenvalue weighted by Crippen LogP contribution is -2.34. The van der Waals surface area contributed by atoms with Gasteiger partial charge in [-0.05, 0) is 44.4 Å². The van der Waals surface area contributed by atoms with Gasteiger partial charge in [0.05, 0.1) is 5.71 Å². The van der Waals surface area contributed by atoms with Gasteiger partial charge in [-0.15, -0.1) is 0 Å². The molecule has 0 aliphatic heterocycles. The minimum absolute atomic E-state index is 0.0575. The summed E-state index contributed by atoms with van der Waals surface area (Å²) in [5.74, 6) is 0.0939. The van der Waals surface area contributed by atoms with Gasteiger partial charge in [0.15, 0.2) is 0 Å². The van der Waals surface area contributed by atoms with E-state index < -0.39 is 5.41 Å². The summed E-state index contributed by atoms with van der Waals surface area (Å²) in [5.41, 5.74) is 8.92. The quantitative estimate of drug-likeness (QED) is 0.526. The Balaban J connectivity index is 2.22. The van der Waals surface area contributed by atoms with Crippen LogP contribution in [0, 0.1) is 17.1 Å². The van der Waals surface area contributed by atoms with E-state index in [0.29, 0.717) is 11.3 Å². The molecule has 1 saturated carbocycles. The predicted molar refractivity (Wildman–Crippen MR) is 107 cm³/mol. The third-order valence-corrected chi connectivity index (χ3v) is 7.45. The van der Waals surface area contributed by atoms with E-state index in [1.54, 1.807) is 6.07 Å². The van der Waals surface area contributed by atoms with E-state index >= 15 is 4.39 Å². The number of hydrogen-bond acceptors (Lipinski definition) is 1. The first-order valence-electron chi connectivity index (χ1n) is 9.58. The first-order valence-corrected chi connectivity index (χ1v) is 9.58. The van der Waals surface area contributed by atoms with Gasteiger partial charge in [-0.3, -0.25) is 5.41 Å². The topological polar surface area (TPSA) is 23.9 Å². The number of nitrogens with one attached hydrogen (secondary N) is 1. The van der Waals surface area contributed by atoms with Crippen molar-refractivity contribution in [2.75, 3.05) is 0 Å². The Morgan fingerprint density at radius 3 is 2.46 bits per heavy atom. The van der Waals surface area contributed by atoms with E-state index in [1.165, 1.54) is 16.7 Å². The highest BCUT2D eigenvalue weighted by Crippen LogP contribution is 2.60. The third-order valence-electron chi connectivity index (χ3n) is 7.45. The van der Waals surface area contributed by atoms with Crippen molar-refractivity contribution >= 4 is 5.71 Å². The van der Waals surface area contributed by atoms with Gasteiger partial charge in [-0.1, -0.05) is 56.6 Å². The average molecular weight is 349 g/mol. The highest BCUT2D eigenvalue weighted by Gasteiger charge is 2.52. The summed E-state index contributed by atoms with van der Waals surface area (Å²) in [6.45, 7) is 15.1. The van der Waals surface area contributed by atoms with Crippen LogP contribution in [-0.4, -0.2) is 5.71 Å². The number of fused-ring (bicyclic) bond motifs is 3. The maximum absolute atomic E-state index is 15.0. The monoisotopic (exact) mass is 349 g/mol. The maximum Gasteiger partial charge on any atom is 0.127 e.